The van der Waals surface area contributed by atoms with Gasteiger partial charge in [0, 0.05) is 50.5 Å². The Balaban J connectivity index is 1.39. The number of pyridine rings is 1. The summed E-state index contributed by atoms with van der Waals surface area (Å²) in [5.74, 6) is 1.84. The molecule has 0 amide bonds. The molecule has 0 radical (unpaired) electrons. The molecule has 4 heterocycles. The van der Waals surface area contributed by atoms with E-state index in [1.54, 1.807) is 6.20 Å². The normalized spacial score (nSPS) is 16.1. The first-order chi connectivity index (χ1) is 12.3. The number of nitrogens with zero attached hydrogens (tertiary/aromatic N) is 4. The number of aromatic amines is 1. The first-order valence-corrected chi connectivity index (χ1v) is 8.76. The van der Waals surface area contributed by atoms with Gasteiger partial charge in [0.25, 0.3) is 0 Å². The van der Waals surface area contributed by atoms with Crippen LogP contribution in [0.15, 0.2) is 47.3 Å². The highest BCUT2D eigenvalue weighted by atomic mass is 16.3. The number of rotatable bonds is 4. The summed E-state index contributed by atoms with van der Waals surface area (Å²) in [6.07, 6.45) is 6.71. The van der Waals surface area contributed by atoms with Gasteiger partial charge in [0.2, 0.25) is 0 Å². The fraction of sp³-hybridized carbons (Fsp3) is 0.368. The van der Waals surface area contributed by atoms with Crippen LogP contribution in [0.25, 0.3) is 11.5 Å². The van der Waals surface area contributed by atoms with Gasteiger partial charge >= 0.3 is 0 Å². The zero-order chi connectivity index (χ0) is 17.1. The lowest BCUT2D eigenvalue weighted by Crippen LogP contribution is -2.30. The highest BCUT2D eigenvalue weighted by Gasteiger charge is 2.18. The van der Waals surface area contributed by atoms with E-state index in [9.17, 15) is 0 Å². The van der Waals surface area contributed by atoms with Crippen molar-refractivity contribution < 1.29 is 4.42 Å². The molecule has 0 saturated carbocycles. The van der Waals surface area contributed by atoms with Gasteiger partial charge in [-0.3, -0.25) is 15.0 Å². The highest BCUT2D eigenvalue weighted by molar-refractivity contribution is 5.52. The van der Waals surface area contributed by atoms with Crippen LogP contribution in [0, 0.1) is 6.92 Å². The van der Waals surface area contributed by atoms with E-state index >= 15 is 0 Å². The first-order valence-electron chi connectivity index (χ1n) is 8.76. The molecule has 1 aliphatic heterocycles. The fourth-order valence-corrected chi connectivity index (χ4v) is 3.41. The molecule has 0 aromatic carbocycles. The third kappa shape index (κ3) is 3.58. The van der Waals surface area contributed by atoms with E-state index in [2.05, 4.69) is 44.0 Å². The number of aryl methyl sites for hydroxylation is 1. The average molecular weight is 337 g/mol. The van der Waals surface area contributed by atoms with Crippen LogP contribution in [-0.2, 0) is 6.54 Å². The number of anilines is 1. The van der Waals surface area contributed by atoms with Crippen LogP contribution in [0.4, 0.5) is 5.69 Å². The Bertz CT molecular complexity index is 811. The maximum absolute atomic E-state index is 5.97. The minimum atomic E-state index is 0.844. The number of hydrogen-bond acceptors (Lipinski definition) is 5. The maximum Gasteiger partial charge on any atom is 0.152 e. The predicted octanol–water partition coefficient (Wildman–Crippen LogP) is 3.09. The standard InChI is InChI=1S/C19H23N5O/c1-15-13-20-7-6-18(15)24-10-2-9-23(11-12-24)14-16-3-4-19(25-16)17-5-8-21-22-17/h3-8,13H,2,9-12,14H2,1H3,(H,21,22). The van der Waals surface area contributed by atoms with E-state index in [4.69, 9.17) is 4.42 Å². The third-order valence-corrected chi connectivity index (χ3v) is 4.73. The molecule has 25 heavy (non-hydrogen) atoms. The molecule has 0 spiro atoms. The molecule has 1 fully saturated rings. The van der Waals surface area contributed by atoms with Crippen molar-refractivity contribution in [3.8, 4) is 11.5 Å². The highest BCUT2D eigenvalue weighted by Crippen LogP contribution is 2.23. The molecule has 1 N–H and O–H groups in total. The second-order valence-corrected chi connectivity index (χ2v) is 6.52. The molecule has 130 valence electrons. The van der Waals surface area contributed by atoms with Crippen LogP contribution in [0.3, 0.4) is 0 Å². The Labute approximate surface area is 147 Å². The van der Waals surface area contributed by atoms with Crippen LogP contribution in [0.1, 0.15) is 17.7 Å². The summed E-state index contributed by atoms with van der Waals surface area (Å²) < 4.78 is 5.97. The summed E-state index contributed by atoms with van der Waals surface area (Å²) in [5, 5.41) is 6.92. The van der Waals surface area contributed by atoms with Crippen molar-refractivity contribution in [1.29, 1.82) is 0 Å². The lowest BCUT2D eigenvalue weighted by Gasteiger charge is -2.24. The Kier molecular flexibility index (Phi) is 4.52. The monoisotopic (exact) mass is 337 g/mol. The minimum absolute atomic E-state index is 0.844. The zero-order valence-electron chi connectivity index (χ0n) is 14.5. The average Bonchev–Trinajstić information content (AvgIpc) is 3.25. The molecule has 3 aromatic rings. The Hall–Kier alpha value is -2.60. The summed E-state index contributed by atoms with van der Waals surface area (Å²) in [5.41, 5.74) is 3.46. The van der Waals surface area contributed by atoms with Gasteiger partial charge in [-0.25, -0.2) is 0 Å². The predicted molar refractivity (Wildman–Crippen MR) is 97.4 cm³/mol. The Morgan fingerprint density at radius 1 is 1.08 bits per heavy atom. The van der Waals surface area contributed by atoms with Crippen molar-refractivity contribution in [1.82, 2.24) is 20.1 Å². The smallest absolute Gasteiger partial charge is 0.152 e. The molecule has 1 saturated heterocycles. The van der Waals surface area contributed by atoms with Gasteiger partial charge in [0.15, 0.2) is 5.76 Å². The molecule has 0 unspecified atom stereocenters. The van der Waals surface area contributed by atoms with Gasteiger partial charge in [-0.15, -0.1) is 0 Å². The quantitative estimate of drug-likeness (QED) is 0.793. The minimum Gasteiger partial charge on any atom is -0.458 e. The van der Waals surface area contributed by atoms with Gasteiger partial charge in [-0.1, -0.05) is 0 Å². The van der Waals surface area contributed by atoms with Crippen LogP contribution < -0.4 is 4.90 Å². The first kappa shape index (κ1) is 15.9. The molecule has 6 heteroatoms. The number of aromatic nitrogens is 3. The molecule has 3 aromatic heterocycles. The second kappa shape index (κ2) is 7.11. The number of H-pyrrole nitrogens is 1. The maximum atomic E-state index is 5.97. The molecule has 0 atom stereocenters. The van der Waals surface area contributed by atoms with Crippen molar-refractivity contribution in [2.45, 2.75) is 19.9 Å². The third-order valence-electron chi connectivity index (χ3n) is 4.73. The van der Waals surface area contributed by atoms with Crippen molar-refractivity contribution >= 4 is 5.69 Å². The van der Waals surface area contributed by atoms with Crippen LogP contribution in [0.5, 0.6) is 0 Å². The topological polar surface area (TPSA) is 61.2 Å². The van der Waals surface area contributed by atoms with E-state index < -0.39 is 0 Å². The van der Waals surface area contributed by atoms with E-state index in [1.165, 1.54) is 11.3 Å². The Morgan fingerprint density at radius 2 is 2.04 bits per heavy atom. The number of furan rings is 1. The number of nitrogens with one attached hydrogen (secondary N) is 1. The Morgan fingerprint density at radius 3 is 2.88 bits per heavy atom. The van der Waals surface area contributed by atoms with Crippen LogP contribution >= 0.6 is 0 Å². The number of hydrogen-bond donors (Lipinski definition) is 1. The lowest BCUT2D eigenvalue weighted by molar-refractivity contribution is 0.261. The summed E-state index contributed by atoms with van der Waals surface area (Å²) in [4.78, 5) is 9.13. The zero-order valence-corrected chi connectivity index (χ0v) is 14.5. The van der Waals surface area contributed by atoms with Crippen LogP contribution in [-0.4, -0.2) is 46.3 Å². The van der Waals surface area contributed by atoms with Gasteiger partial charge in [-0.05, 0) is 43.2 Å². The lowest BCUT2D eigenvalue weighted by atomic mass is 10.2. The summed E-state index contributed by atoms with van der Waals surface area (Å²) >= 11 is 0. The van der Waals surface area contributed by atoms with E-state index in [1.807, 2.05) is 24.5 Å². The van der Waals surface area contributed by atoms with Crippen molar-refractivity contribution in [2.24, 2.45) is 0 Å². The molecule has 4 rings (SSSR count). The molecule has 0 aliphatic carbocycles. The van der Waals surface area contributed by atoms with Crippen molar-refractivity contribution in [3.05, 3.63) is 54.2 Å². The summed E-state index contributed by atoms with van der Waals surface area (Å²) in [6.45, 7) is 7.20. The van der Waals surface area contributed by atoms with Crippen molar-refractivity contribution in [2.75, 3.05) is 31.1 Å². The molecule has 1 aliphatic rings. The summed E-state index contributed by atoms with van der Waals surface area (Å²) in [6, 6.07) is 8.11. The SMILES string of the molecule is Cc1cnccc1N1CCCN(Cc2ccc(-c3ccn[nH]3)o2)CC1. The molecular formula is C19H23N5O. The largest absolute Gasteiger partial charge is 0.458 e. The second-order valence-electron chi connectivity index (χ2n) is 6.52. The summed E-state index contributed by atoms with van der Waals surface area (Å²) in [7, 11) is 0. The van der Waals surface area contributed by atoms with Gasteiger partial charge in [0.05, 0.1) is 6.54 Å². The van der Waals surface area contributed by atoms with E-state index in [0.717, 1.165) is 56.4 Å². The molecule has 0 bridgehead atoms. The van der Waals surface area contributed by atoms with Crippen LogP contribution in [0.2, 0.25) is 0 Å². The molecule has 6 nitrogen and oxygen atoms in total. The van der Waals surface area contributed by atoms with E-state index in [0.29, 0.717) is 0 Å². The van der Waals surface area contributed by atoms with E-state index in [-0.39, 0.29) is 0 Å². The fourth-order valence-electron chi connectivity index (χ4n) is 3.41. The van der Waals surface area contributed by atoms with Gasteiger partial charge < -0.3 is 9.32 Å². The van der Waals surface area contributed by atoms with Crippen molar-refractivity contribution in [3.63, 3.8) is 0 Å². The van der Waals surface area contributed by atoms with Gasteiger partial charge in [-0.2, -0.15) is 5.10 Å². The van der Waals surface area contributed by atoms with Gasteiger partial charge in [0.1, 0.15) is 11.5 Å². The molecular weight excluding hydrogens is 314 g/mol.